The van der Waals surface area contributed by atoms with E-state index in [1.807, 2.05) is 0 Å². The Bertz CT molecular complexity index is 435. The van der Waals surface area contributed by atoms with Crippen LogP contribution >= 0.6 is 0 Å². The number of nitrogens with one attached hydrogen (secondary N) is 2. The van der Waals surface area contributed by atoms with Crippen LogP contribution in [-0.2, 0) is 4.79 Å². The van der Waals surface area contributed by atoms with Crippen LogP contribution in [0.15, 0.2) is 18.3 Å². The standard InChI is InChI=1S/C9H10N4O3/c14-8-6-12(5-4-10-8)9-7(13(15)16)2-1-3-11-9/h1-3H,4-6H2,(H,10,14)/p+1. The number of rotatable bonds is 2. The van der Waals surface area contributed by atoms with Crippen molar-refractivity contribution in [2.75, 3.05) is 24.5 Å². The predicted octanol–water partition coefficient (Wildman–Crippen LogP) is -0.655. The third kappa shape index (κ3) is 1.92. The maximum Gasteiger partial charge on any atom is 0.357 e. The summed E-state index contributed by atoms with van der Waals surface area (Å²) in [6, 6.07) is 2.98. The molecular formula is C9H11N4O3+. The summed E-state index contributed by atoms with van der Waals surface area (Å²) < 4.78 is 0. The molecule has 0 aliphatic carbocycles. The number of aromatic amines is 1. The van der Waals surface area contributed by atoms with Crippen molar-refractivity contribution in [2.45, 2.75) is 0 Å². The first-order valence-electron chi connectivity index (χ1n) is 4.85. The van der Waals surface area contributed by atoms with Gasteiger partial charge >= 0.3 is 11.5 Å². The minimum atomic E-state index is -0.460. The van der Waals surface area contributed by atoms with Crippen molar-refractivity contribution in [3.05, 3.63) is 28.4 Å². The molecule has 0 atom stereocenters. The molecule has 84 valence electrons. The molecule has 7 nitrogen and oxygen atoms in total. The molecule has 1 saturated heterocycles. The molecule has 2 heterocycles. The van der Waals surface area contributed by atoms with Gasteiger partial charge in [0.2, 0.25) is 0 Å². The molecule has 2 N–H and O–H groups in total. The molecule has 7 heteroatoms. The minimum Gasteiger partial charge on any atom is -0.349 e. The number of hydrogen-bond acceptors (Lipinski definition) is 4. The summed E-state index contributed by atoms with van der Waals surface area (Å²) in [4.78, 5) is 26.0. The first-order valence-corrected chi connectivity index (χ1v) is 4.85. The largest absolute Gasteiger partial charge is 0.357 e. The zero-order chi connectivity index (χ0) is 11.5. The van der Waals surface area contributed by atoms with Gasteiger partial charge in [0.15, 0.2) is 6.54 Å². The Kier molecular flexibility index (Phi) is 2.67. The van der Waals surface area contributed by atoms with Crippen molar-refractivity contribution < 1.29 is 14.7 Å². The number of nitro groups is 1. The number of anilines is 1. The first-order chi connectivity index (χ1) is 7.68. The summed E-state index contributed by atoms with van der Waals surface area (Å²) in [5.74, 6) is 0.250. The quantitative estimate of drug-likeness (QED) is 0.532. The lowest BCUT2D eigenvalue weighted by molar-refractivity contribution is -0.411. The maximum atomic E-state index is 11.2. The van der Waals surface area contributed by atoms with Crippen LogP contribution in [0, 0.1) is 10.1 Å². The number of aromatic nitrogens is 1. The number of piperazine rings is 1. The van der Waals surface area contributed by atoms with E-state index in [1.165, 1.54) is 6.07 Å². The molecule has 16 heavy (non-hydrogen) atoms. The zero-order valence-corrected chi connectivity index (χ0v) is 8.47. The minimum absolute atomic E-state index is 0.0165. The molecule has 0 radical (unpaired) electrons. The highest BCUT2D eigenvalue weighted by Gasteiger charge is 2.31. The number of nitrogens with zero attached hydrogens (tertiary/aromatic N) is 2. The molecule has 0 saturated carbocycles. The van der Waals surface area contributed by atoms with Gasteiger partial charge in [-0.25, -0.2) is 9.88 Å². The fourth-order valence-corrected chi connectivity index (χ4v) is 1.65. The average molecular weight is 223 g/mol. The average Bonchev–Trinajstić information content (AvgIpc) is 2.29. The highest BCUT2D eigenvalue weighted by atomic mass is 16.6. The summed E-state index contributed by atoms with van der Waals surface area (Å²) in [6.07, 6.45) is 1.61. The highest BCUT2D eigenvalue weighted by Crippen LogP contribution is 2.22. The van der Waals surface area contributed by atoms with Gasteiger partial charge in [-0.15, -0.1) is 0 Å². The number of pyridine rings is 1. The molecule has 0 unspecified atom stereocenters. The molecule has 0 bridgehead atoms. The third-order valence-corrected chi connectivity index (χ3v) is 2.36. The van der Waals surface area contributed by atoms with Gasteiger partial charge in [-0.05, 0) is 6.07 Å². The van der Waals surface area contributed by atoms with Crippen molar-refractivity contribution >= 4 is 17.4 Å². The van der Waals surface area contributed by atoms with Crippen molar-refractivity contribution in [1.29, 1.82) is 0 Å². The van der Waals surface area contributed by atoms with E-state index in [0.29, 0.717) is 18.9 Å². The number of carbonyl (C=O) groups excluding carboxylic acids is 1. The Morgan fingerprint density at radius 1 is 1.56 bits per heavy atom. The van der Waals surface area contributed by atoms with E-state index in [0.717, 1.165) is 0 Å². The van der Waals surface area contributed by atoms with E-state index in [1.54, 1.807) is 17.2 Å². The topological polar surface area (TPSA) is 89.6 Å². The van der Waals surface area contributed by atoms with E-state index < -0.39 is 4.92 Å². The van der Waals surface area contributed by atoms with Crippen molar-refractivity contribution in [3.8, 4) is 0 Å². The SMILES string of the molecule is O=C1CN(c2[nH+]cccc2[N+](=O)[O-])CCN1. The van der Waals surface area contributed by atoms with Crippen molar-refractivity contribution in [2.24, 2.45) is 0 Å². The van der Waals surface area contributed by atoms with E-state index >= 15 is 0 Å². The van der Waals surface area contributed by atoms with Gasteiger partial charge in [0.05, 0.1) is 17.7 Å². The van der Waals surface area contributed by atoms with E-state index in [9.17, 15) is 14.9 Å². The summed E-state index contributed by atoms with van der Waals surface area (Å²) in [7, 11) is 0. The summed E-state index contributed by atoms with van der Waals surface area (Å²) >= 11 is 0. The Morgan fingerprint density at radius 3 is 3.06 bits per heavy atom. The second kappa shape index (κ2) is 4.13. The molecule has 2 rings (SSSR count). The van der Waals surface area contributed by atoms with E-state index in [-0.39, 0.29) is 18.1 Å². The van der Waals surface area contributed by atoms with Gasteiger partial charge in [-0.2, -0.15) is 0 Å². The lowest BCUT2D eigenvalue weighted by atomic mass is 10.3. The van der Waals surface area contributed by atoms with Crippen LogP contribution in [-0.4, -0.2) is 30.5 Å². The molecule has 0 aromatic carbocycles. The van der Waals surface area contributed by atoms with Crippen LogP contribution in [0.4, 0.5) is 11.5 Å². The molecule has 0 spiro atoms. The second-order valence-corrected chi connectivity index (χ2v) is 3.43. The number of carbonyl (C=O) groups is 1. The smallest absolute Gasteiger partial charge is 0.349 e. The fraction of sp³-hybridized carbons (Fsp3) is 0.333. The molecule has 1 amide bonds. The normalized spacial score (nSPS) is 15.8. The monoisotopic (exact) mass is 223 g/mol. The summed E-state index contributed by atoms with van der Waals surface area (Å²) in [6.45, 7) is 1.20. The van der Waals surface area contributed by atoms with Crippen LogP contribution in [0.2, 0.25) is 0 Å². The molecule has 1 aromatic heterocycles. The van der Waals surface area contributed by atoms with Crippen LogP contribution in [0.1, 0.15) is 0 Å². The fourth-order valence-electron chi connectivity index (χ4n) is 1.65. The number of hydrogen-bond donors (Lipinski definition) is 1. The number of amides is 1. The van der Waals surface area contributed by atoms with Crippen molar-refractivity contribution in [3.63, 3.8) is 0 Å². The molecule has 1 aromatic rings. The molecule has 1 aliphatic heterocycles. The number of H-pyrrole nitrogens is 1. The third-order valence-electron chi connectivity index (χ3n) is 2.36. The van der Waals surface area contributed by atoms with Crippen molar-refractivity contribution in [1.82, 2.24) is 5.32 Å². The Balaban J connectivity index is 2.32. The first kappa shape index (κ1) is 10.3. The van der Waals surface area contributed by atoms with Gasteiger partial charge in [-0.1, -0.05) is 0 Å². The van der Waals surface area contributed by atoms with Crippen LogP contribution in [0.25, 0.3) is 0 Å². The van der Waals surface area contributed by atoms with Gasteiger partial charge in [0.1, 0.15) is 6.54 Å². The summed E-state index contributed by atoms with van der Waals surface area (Å²) in [5.41, 5.74) is -0.0165. The lowest BCUT2D eigenvalue weighted by Crippen LogP contribution is -2.49. The van der Waals surface area contributed by atoms with Crippen LogP contribution in [0.5, 0.6) is 0 Å². The zero-order valence-electron chi connectivity index (χ0n) is 8.47. The van der Waals surface area contributed by atoms with Crippen LogP contribution < -0.4 is 15.2 Å². The van der Waals surface area contributed by atoms with Gasteiger partial charge in [0, 0.05) is 6.07 Å². The van der Waals surface area contributed by atoms with Gasteiger partial charge < -0.3 is 5.32 Å². The second-order valence-electron chi connectivity index (χ2n) is 3.43. The Morgan fingerprint density at radius 2 is 2.38 bits per heavy atom. The van der Waals surface area contributed by atoms with E-state index in [2.05, 4.69) is 10.3 Å². The van der Waals surface area contributed by atoms with E-state index in [4.69, 9.17) is 0 Å². The summed E-state index contributed by atoms with van der Waals surface area (Å²) in [5, 5.41) is 13.5. The Hall–Kier alpha value is -2.18. The maximum absolute atomic E-state index is 11.2. The van der Waals surface area contributed by atoms with Gasteiger partial charge in [-0.3, -0.25) is 14.9 Å². The lowest BCUT2D eigenvalue weighted by Gasteiger charge is -2.20. The molecule has 1 fully saturated rings. The predicted molar refractivity (Wildman–Crippen MR) is 54.9 cm³/mol. The van der Waals surface area contributed by atoms with Gasteiger partial charge in [0.25, 0.3) is 5.91 Å². The molecule has 1 aliphatic rings. The highest BCUT2D eigenvalue weighted by molar-refractivity contribution is 5.82. The van der Waals surface area contributed by atoms with Crippen LogP contribution in [0.3, 0.4) is 0 Å². The molecular weight excluding hydrogens is 212 g/mol. The Labute approximate surface area is 91.2 Å².